The van der Waals surface area contributed by atoms with Crippen molar-refractivity contribution in [1.82, 2.24) is 9.62 Å². The number of sulfonamides is 1. The summed E-state index contributed by atoms with van der Waals surface area (Å²) in [6.07, 6.45) is 3.75. The van der Waals surface area contributed by atoms with E-state index in [1.807, 2.05) is 7.05 Å². The van der Waals surface area contributed by atoms with E-state index < -0.39 is 10.0 Å². The minimum Gasteiger partial charge on any atom is -0.320 e. The van der Waals surface area contributed by atoms with Crippen LogP contribution in [0.15, 0.2) is 0 Å². The number of hydrogen-bond donors (Lipinski definition) is 1. The van der Waals surface area contributed by atoms with E-state index in [0.29, 0.717) is 24.9 Å². The highest BCUT2D eigenvalue weighted by Crippen LogP contribution is 2.30. The van der Waals surface area contributed by atoms with Crippen molar-refractivity contribution in [3.63, 3.8) is 0 Å². The molecular weight excluding hydrogens is 236 g/mol. The number of hydrogen-bond acceptors (Lipinski definition) is 3. The molecule has 0 heterocycles. The van der Waals surface area contributed by atoms with Crippen LogP contribution in [0.5, 0.6) is 0 Å². The van der Waals surface area contributed by atoms with Gasteiger partial charge in [-0.25, -0.2) is 8.42 Å². The predicted molar refractivity (Wildman–Crippen MR) is 71.5 cm³/mol. The van der Waals surface area contributed by atoms with Crippen molar-refractivity contribution in [2.45, 2.75) is 45.6 Å². The summed E-state index contributed by atoms with van der Waals surface area (Å²) in [4.78, 5) is 0. The van der Waals surface area contributed by atoms with Gasteiger partial charge < -0.3 is 5.32 Å². The molecule has 1 N–H and O–H groups in total. The van der Waals surface area contributed by atoms with Crippen molar-refractivity contribution >= 4 is 10.0 Å². The van der Waals surface area contributed by atoms with Crippen LogP contribution in [0.2, 0.25) is 0 Å². The van der Waals surface area contributed by atoms with Gasteiger partial charge in [-0.05, 0) is 45.2 Å². The zero-order valence-corrected chi connectivity index (χ0v) is 12.1. The molecule has 1 saturated carbocycles. The zero-order valence-electron chi connectivity index (χ0n) is 11.3. The molecule has 0 aromatic carbocycles. The van der Waals surface area contributed by atoms with E-state index in [1.54, 1.807) is 4.31 Å². The number of nitrogens with zero attached hydrogens (tertiary/aromatic N) is 1. The summed E-state index contributed by atoms with van der Waals surface area (Å²) in [6.45, 7) is 5.74. The maximum absolute atomic E-state index is 12.2. The summed E-state index contributed by atoms with van der Waals surface area (Å²) < 4.78 is 26.1. The molecule has 0 radical (unpaired) electrons. The first kappa shape index (κ1) is 14.9. The molecule has 1 rings (SSSR count). The minimum atomic E-state index is -3.03. The van der Waals surface area contributed by atoms with E-state index in [-0.39, 0.29) is 5.75 Å². The van der Waals surface area contributed by atoms with Gasteiger partial charge in [-0.3, -0.25) is 0 Å². The Hall–Kier alpha value is -0.130. The Balaban J connectivity index is 2.49. The standard InChI is InChI=1S/C12H26N2O2S/c1-11(2)7-9-14(12-5-6-12)17(15,16)10-4-8-13-3/h11-13H,4-10H2,1-3H3. The van der Waals surface area contributed by atoms with Crippen molar-refractivity contribution < 1.29 is 8.42 Å². The van der Waals surface area contributed by atoms with Crippen LogP contribution in [-0.4, -0.2) is 44.7 Å². The molecule has 0 bridgehead atoms. The van der Waals surface area contributed by atoms with Gasteiger partial charge in [0.2, 0.25) is 10.0 Å². The van der Waals surface area contributed by atoms with Crippen LogP contribution in [0.25, 0.3) is 0 Å². The van der Waals surface area contributed by atoms with Crippen LogP contribution in [0.4, 0.5) is 0 Å². The molecule has 5 heteroatoms. The van der Waals surface area contributed by atoms with Crippen molar-refractivity contribution in [2.24, 2.45) is 5.92 Å². The first-order valence-corrected chi connectivity index (χ1v) is 8.22. The van der Waals surface area contributed by atoms with E-state index in [1.165, 1.54) is 0 Å². The average molecular weight is 262 g/mol. The molecule has 0 atom stereocenters. The fourth-order valence-electron chi connectivity index (χ4n) is 1.85. The molecule has 0 saturated heterocycles. The van der Waals surface area contributed by atoms with Crippen LogP contribution in [0.1, 0.15) is 39.5 Å². The lowest BCUT2D eigenvalue weighted by atomic mass is 10.1. The van der Waals surface area contributed by atoms with Crippen molar-refractivity contribution in [3.05, 3.63) is 0 Å². The molecule has 1 aliphatic carbocycles. The Morgan fingerprint density at radius 1 is 1.35 bits per heavy atom. The number of nitrogens with one attached hydrogen (secondary N) is 1. The van der Waals surface area contributed by atoms with Gasteiger partial charge in [0.25, 0.3) is 0 Å². The summed E-state index contributed by atoms with van der Waals surface area (Å²) in [5.41, 5.74) is 0. The molecule has 0 aromatic rings. The summed E-state index contributed by atoms with van der Waals surface area (Å²) in [6, 6.07) is 0.299. The van der Waals surface area contributed by atoms with Crippen molar-refractivity contribution in [1.29, 1.82) is 0 Å². The normalized spacial score (nSPS) is 17.0. The lowest BCUT2D eigenvalue weighted by Crippen LogP contribution is -2.36. The van der Waals surface area contributed by atoms with E-state index in [9.17, 15) is 8.42 Å². The van der Waals surface area contributed by atoms with Crippen LogP contribution in [-0.2, 0) is 10.0 Å². The molecule has 4 nitrogen and oxygen atoms in total. The smallest absolute Gasteiger partial charge is 0.214 e. The molecule has 0 aliphatic heterocycles. The molecular formula is C12H26N2O2S. The third-order valence-corrected chi connectivity index (χ3v) is 5.07. The lowest BCUT2D eigenvalue weighted by molar-refractivity contribution is 0.373. The monoisotopic (exact) mass is 262 g/mol. The van der Waals surface area contributed by atoms with Gasteiger partial charge in [0.05, 0.1) is 5.75 Å². The molecule has 0 amide bonds. The Kier molecular flexibility index (Phi) is 5.89. The Labute approximate surface area is 106 Å². The van der Waals surface area contributed by atoms with Crippen molar-refractivity contribution in [2.75, 3.05) is 25.9 Å². The second kappa shape index (κ2) is 6.71. The first-order chi connectivity index (χ1) is 7.97. The van der Waals surface area contributed by atoms with Crippen LogP contribution in [0, 0.1) is 5.92 Å². The van der Waals surface area contributed by atoms with Gasteiger partial charge in [-0.1, -0.05) is 13.8 Å². The van der Waals surface area contributed by atoms with E-state index >= 15 is 0 Å². The molecule has 1 aliphatic rings. The van der Waals surface area contributed by atoms with Gasteiger partial charge >= 0.3 is 0 Å². The maximum atomic E-state index is 12.2. The van der Waals surface area contributed by atoms with Crippen molar-refractivity contribution in [3.8, 4) is 0 Å². The SMILES string of the molecule is CNCCCS(=O)(=O)N(CCC(C)C)C1CC1. The molecule has 1 fully saturated rings. The van der Waals surface area contributed by atoms with Gasteiger partial charge in [0.15, 0.2) is 0 Å². The molecule has 102 valence electrons. The molecule has 0 aromatic heterocycles. The summed E-state index contributed by atoms with van der Waals surface area (Å²) in [7, 11) is -1.18. The van der Waals surface area contributed by atoms with Crippen LogP contribution >= 0.6 is 0 Å². The first-order valence-electron chi connectivity index (χ1n) is 6.61. The molecule has 0 spiro atoms. The van der Waals surface area contributed by atoms with Gasteiger partial charge in [-0.2, -0.15) is 4.31 Å². The largest absolute Gasteiger partial charge is 0.320 e. The lowest BCUT2D eigenvalue weighted by Gasteiger charge is -2.22. The zero-order chi connectivity index (χ0) is 12.9. The minimum absolute atomic E-state index is 0.280. The maximum Gasteiger partial charge on any atom is 0.214 e. The topological polar surface area (TPSA) is 49.4 Å². The van der Waals surface area contributed by atoms with Gasteiger partial charge in [-0.15, -0.1) is 0 Å². The third-order valence-electron chi connectivity index (χ3n) is 3.07. The summed E-state index contributed by atoms with van der Waals surface area (Å²) >= 11 is 0. The second-order valence-electron chi connectivity index (χ2n) is 5.30. The highest BCUT2D eigenvalue weighted by molar-refractivity contribution is 7.89. The average Bonchev–Trinajstić information content (AvgIpc) is 3.01. The van der Waals surface area contributed by atoms with E-state index in [2.05, 4.69) is 19.2 Å². The fourth-order valence-corrected chi connectivity index (χ4v) is 3.64. The Morgan fingerprint density at radius 2 is 2.00 bits per heavy atom. The van der Waals surface area contributed by atoms with Gasteiger partial charge in [0, 0.05) is 12.6 Å². The van der Waals surface area contributed by atoms with E-state index in [0.717, 1.165) is 25.8 Å². The van der Waals surface area contributed by atoms with Crippen LogP contribution < -0.4 is 5.32 Å². The third kappa shape index (κ3) is 5.36. The van der Waals surface area contributed by atoms with E-state index in [4.69, 9.17) is 0 Å². The second-order valence-corrected chi connectivity index (χ2v) is 7.34. The quantitative estimate of drug-likeness (QED) is 0.640. The fraction of sp³-hybridized carbons (Fsp3) is 1.00. The van der Waals surface area contributed by atoms with Gasteiger partial charge in [0.1, 0.15) is 0 Å². The molecule has 0 unspecified atom stereocenters. The van der Waals surface area contributed by atoms with Crippen LogP contribution in [0.3, 0.4) is 0 Å². The Morgan fingerprint density at radius 3 is 2.47 bits per heavy atom. The molecule has 17 heavy (non-hydrogen) atoms. The Bertz CT molecular complexity index is 310. The summed E-state index contributed by atoms with van der Waals surface area (Å²) in [5.74, 6) is 0.839. The number of rotatable bonds is 9. The summed E-state index contributed by atoms with van der Waals surface area (Å²) in [5, 5.41) is 2.99. The predicted octanol–water partition coefficient (Wildman–Crippen LogP) is 1.44. The highest BCUT2D eigenvalue weighted by atomic mass is 32.2. The highest BCUT2D eigenvalue weighted by Gasteiger charge is 2.36.